The van der Waals surface area contributed by atoms with E-state index in [9.17, 15) is 8.78 Å². The molecule has 0 radical (unpaired) electrons. The zero-order chi connectivity index (χ0) is 12.5. The molecule has 1 aromatic rings. The summed E-state index contributed by atoms with van der Waals surface area (Å²) < 4.78 is 31.4. The van der Waals surface area contributed by atoms with Crippen LogP contribution in [0.4, 0.5) is 14.5 Å². The summed E-state index contributed by atoms with van der Waals surface area (Å²) in [5.74, 6) is -2.18. The van der Waals surface area contributed by atoms with Crippen molar-refractivity contribution in [3.63, 3.8) is 0 Å². The van der Waals surface area contributed by atoms with Crippen LogP contribution in [-0.4, -0.2) is 12.5 Å². The first-order valence-electron chi connectivity index (χ1n) is 5.52. The van der Waals surface area contributed by atoms with E-state index in [2.05, 4.69) is 0 Å². The van der Waals surface area contributed by atoms with Crippen LogP contribution in [0.25, 0.3) is 0 Å². The first-order valence-corrected chi connectivity index (χ1v) is 5.90. The maximum atomic E-state index is 13.0. The maximum Gasteiger partial charge on any atom is 0.248 e. The minimum absolute atomic E-state index is 0.0499. The summed E-state index contributed by atoms with van der Waals surface area (Å²) in [7, 11) is 0. The molecular formula is C12H14ClF2NO. The molecule has 0 bridgehead atoms. The van der Waals surface area contributed by atoms with Crippen molar-refractivity contribution < 1.29 is 13.5 Å². The van der Waals surface area contributed by atoms with Gasteiger partial charge in [-0.1, -0.05) is 11.6 Å². The van der Waals surface area contributed by atoms with Crippen molar-refractivity contribution in [3.8, 4) is 5.75 Å². The molecule has 1 aromatic carbocycles. The second-order valence-corrected chi connectivity index (χ2v) is 4.87. The van der Waals surface area contributed by atoms with E-state index >= 15 is 0 Å². The fourth-order valence-corrected chi connectivity index (χ4v) is 2.19. The molecule has 2 N–H and O–H groups in total. The van der Waals surface area contributed by atoms with Gasteiger partial charge in [-0.3, -0.25) is 0 Å². The van der Waals surface area contributed by atoms with Crippen LogP contribution in [0.2, 0.25) is 5.02 Å². The number of anilines is 1. The quantitative estimate of drug-likeness (QED) is 0.842. The fraction of sp³-hybridized carbons (Fsp3) is 0.500. The summed E-state index contributed by atoms with van der Waals surface area (Å²) in [6, 6.07) is 4.91. The first kappa shape index (κ1) is 12.4. The molecular weight excluding hydrogens is 248 g/mol. The Morgan fingerprint density at radius 2 is 2.24 bits per heavy atom. The molecule has 0 aliphatic heterocycles. The van der Waals surface area contributed by atoms with Crippen LogP contribution >= 0.6 is 11.6 Å². The average molecular weight is 262 g/mol. The maximum absolute atomic E-state index is 13.0. The third kappa shape index (κ3) is 3.22. The van der Waals surface area contributed by atoms with Gasteiger partial charge in [0.2, 0.25) is 5.92 Å². The lowest BCUT2D eigenvalue weighted by Crippen LogP contribution is -2.14. The van der Waals surface area contributed by atoms with Crippen LogP contribution in [0.1, 0.15) is 19.3 Å². The summed E-state index contributed by atoms with van der Waals surface area (Å²) >= 11 is 5.91. The number of rotatable bonds is 3. The summed E-state index contributed by atoms with van der Waals surface area (Å²) in [5.41, 5.74) is 6.14. The van der Waals surface area contributed by atoms with Gasteiger partial charge in [0.15, 0.2) is 0 Å². The van der Waals surface area contributed by atoms with Crippen molar-refractivity contribution in [1.29, 1.82) is 0 Å². The lowest BCUT2D eigenvalue weighted by atomic mass is 10.1. The lowest BCUT2D eigenvalue weighted by molar-refractivity contribution is 0.00292. The highest BCUT2D eigenvalue weighted by molar-refractivity contribution is 6.32. The van der Waals surface area contributed by atoms with E-state index in [-0.39, 0.29) is 25.4 Å². The summed E-state index contributed by atoms with van der Waals surface area (Å²) in [6.07, 6.45) is 0.339. The van der Waals surface area contributed by atoms with E-state index in [1.165, 1.54) is 0 Å². The van der Waals surface area contributed by atoms with Crippen molar-refractivity contribution in [2.24, 2.45) is 5.92 Å². The number of hydrogen-bond acceptors (Lipinski definition) is 2. The number of benzene rings is 1. The first-order chi connectivity index (χ1) is 7.96. The molecule has 1 aliphatic rings. The van der Waals surface area contributed by atoms with E-state index in [1.54, 1.807) is 18.2 Å². The Kier molecular flexibility index (Phi) is 3.43. The second kappa shape index (κ2) is 4.69. The van der Waals surface area contributed by atoms with Gasteiger partial charge in [0, 0.05) is 24.6 Å². The third-order valence-corrected chi connectivity index (χ3v) is 3.25. The minimum atomic E-state index is -2.53. The zero-order valence-corrected chi connectivity index (χ0v) is 10.0. The predicted molar refractivity (Wildman–Crippen MR) is 63.6 cm³/mol. The number of halogens is 3. The van der Waals surface area contributed by atoms with E-state index in [1.807, 2.05) is 0 Å². The van der Waals surface area contributed by atoms with Gasteiger partial charge in [-0.15, -0.1) is 0 Å². The van der Waals surface area contributed by atoms with Crippen LogP contribution < -0.4 is 10.5 Å². The number of alkyl halides is 2. The van der Waals surface area contributed by atoms with E-state index < -0.39 is 5.92 Å². The highest BCUT2D eigenvalue weighted by Gasteiger charge is 2.39. The summed E-state index contributed by atoms with van der Waals surface area (Å²) in [5, 5.41) is 0.448. The zero-order valence-electron chi connectivity index (χ0n) is 9.26. The molecule has 2 nitrogen and oxygen atoms in total. The van der Waals surface area contributed by atoms with Crippen LogP contribution in [0, 0.1) is 5.92 Å². The van der Waals surface area contributed by atoms with Crippen molar-refractivity contribution in [2.45, 2.75) is 25.2 Å². The fourth-order valence-electron chi connectivity index (χ4n) is 2.02. The molecule has 0 heterocycles. The number of nitrogens with two attached hydrogens (primary N) is 1. The largest absolute Gasteiger partial charge is 0.492 e. The molecule has 17 heavy (non-hydrogen) atoms. The van der Waals surface area contributed by atoms with Crippen LogP contribution in [0.5, 0.6) is 5.75 Å². The molecule has 1 atom stereocenters. The molecule has 1 aliphatic carbocycles. The van der Waals surface area contributed by atoms with Crippen LogP contribution in [-0.2, 0) is 0 Å². The molecule has 0 aromatic heterocycles. The van der Waals surface area contributed by atoms with Gasteiger partial charge in [-0.25, -0.2) is 8.78 Å². The van der Waals surface area contributed by atoms with Crippen molar-refractivity contribution in [3.05, 3.63) is 23.2 Å². The Bertz CT molecular complexity index is 411. The smallest absolute Gasteiger partial charge is 0.248 e. The van der Waals surface area contributed by atoms with Gasteiger partial charge < -0.3 is 10.5 Å². The van der Waals surface area contributed by atoms with Gasteiger partial charge in [0.1, 0.15) is 5.75 Å². The van der Waals surface area contributed by atoms with Gasteiger partial charge in [-0.05, 0) is 24.5 Å². The Morgan fingerprint density at radius 1 is 1.47 bits per heavy atom. The van der Waals surface area contributed by atoms with Gasteiger partial charge >= 0.3 is 0 Å². The van der Waals surface area contributed by atoms with E-state index in [4.69, 9.17) is 22.1 Å². The van der Waals surface area contributed by atoms with Crippen molar-refractivity contribution >= 4 is 17.3 Å². The summed E-state index contributed by atoms with van der Waals surface area (Å²) in [6.45, 7) is 0.263. The lowest BCUT2D eigenvalue weighted by Gasteiger charge is -2.13. The molecule has 0 saturated heterocycles. The van der Waals surface area contributed by atoms with E-state index in [0.29, 0.717) is 22.9 Å². The van der Waals surface area contributed by atoms with Crippen molar-refractivity contribution in [2.75, 3.05) is 12.3 Å². The van der Waals surface area contributed by atoms with Crippen molar-refractivity contribution in [1.82, 2.24) is 0 Å². The predicted octanol–water partition coefficient (Wildman–Crippen LogP) is 3.74. The Hall–Kier alpha value is -1.03. The molecule has 1 saturated carbocycles. The van der Waals surface area contributed by atoms with Gasteiger partial charge in [-0.2, -0.15) is 0 Å². The Balaban J connectivity index is 1.92. The summed E-state index contributed by atoms with van der Waals surface area (Å²) in [4.78, 5) is 0. The van der Waals surface area contributed by atoms with Crippen LogP contribution in [0.15, 0.2) is 18.2 Å². The average Bonchev–Trinajstić information content (AvgIpc) is 2.60. The highest BCUT2D eigenvalue weighted by atomic mass is 35.5. The number of hydrogen-bond donors (Lipinski definition) is 1. The second-order valence-electron chi connectivity index (χ2n) is 4.47. The van der Waals surface area contributed by atoms with Gasteiger partial charge in [0.05, 0.1) is 11.6 Å². The molecule has 2 rings (SSSR count). The molecule has 1 fully saturated rings. The minimum Gasteiger partial charge on any atom is -0.492 e. The number of ether oxygens (including phenoxy) is 1. The highest BCUT2D eigenvalue weighted by Crippen LogP contribution is 2.39. The molecule has 5 heteroatoms. The van der Waals surface area contributed by atoms with E-state index in [0.717, 1.165) is 0 Å². The normalized spacial score (nSPS) is 22.6. The van der Waals surface area contributed by atoms with Crippen LogP contribution in [0.3, 0.4) is 0 Å². The Morgan fingerprint density at radius 3 is 2.88 bits per heavy atom. The Labute approximate surface area is 104 Å². The molecule has 0 amide bonds. The molecule has 0 spiro atoms. The topological polar surface area (TPSA) is 35.2 Å². The molecule has 1 unspecified atom stereocenters. The SMILES string of the molecule is Nc1ccc(Cl)c(OCC2CCC(F)(F)C2)c1. The monoisotopic (exact) mass is 261 g/mol. The van der Waals surface area contributed by atoms with Gasteiger partial charge in [0.25, 0.3) is 0 Å². The molecule has 94 valence electrons. The number of nitrogen functional groups attached to an aromatic ring is 1. The standard InChI is InChI=1S/C12H14ClF2NO/c13-10-2-1-9(16)5-11(10)17-7-8-3-4-12(14,15)6-8/h1-2,5,8H,3-4,6-7,16H2. The third-order valence-electron chi connectivity index (χ3n) is 2.94.